The van der Waals surface area contributed by atoms with E-state index in [9.17, 15) is 23.2 Å². The van der Waals surface area contributed by atoms with Gasteiger partial charge in [-0.2, -0.15) is 18.4 Å². The van der Waals surface area contributed by atoms with Crippen LogP contribution in [-0.2, 0) is 17.4 Å². The number of Topliss-reactive ketones (excluding diaryl/α,β-unsaturated/α-hetero) is 1. The fourth-order valence-electron chi connectivity index (χ4n) is 5.03. The molecule has 0 fully saturated rings. The minimum atomic E-state index is -4.72. The Labute approximate surface area is 217 Å². The van der Waals surface area contributed by atoms with Gasteiger partial charge in [-0.15, -0.1) is 11.3 Å². The van der Waals surface area contributed by atoms with E-state index in [4.69, 9.17) is 17.3 Å². The zero-order valence-corrected chi connectivity index (χ0v) is 21.9. The van der Waals surface area contributed by atoms with Crippen LogP contribution >= 0.6 is 22.9 Å². The second kappa shape index (κ2) is 9.60. The van der Waals surface area contributed by atoms with E-state index in [1.165, 1.54) is 28.4 Å². The second-order valence-electron chi connectivity index (χ2n) is 10.0. The monoisotopic (exact) mass is 533 g/mol. The molecule has 2 aromatic rings. The molecular formula is C27H27ClF3N3OS. The summed E-state index contributed by atoms with van der Waals surface area (Å²) < 4.78 is 42.3. The van der Waals surface area contributed by atoms with Crippen molar-refractivity contribution in [1.29, 1.82) is 5.26 Å². The van der Waals surface area contributed by atoms with Gasteiger partial charge in [-0.1, -0.05) is 38.8 Å². The molecule has 4 nitrogen and oxygen atoms in total. The highest BCUT2D eigenvalue weighted by Gasteiger charge is 2.47. The van der Waals surface area contributed by atoms with Crippen LogP contribution in [-0.4, -0.2) is 5.78 Å². The predicted octanol–water partition coefficient (Wildman–Crippen LogP) is 7.70. The maximum absolute atomic E-state index is 14.1. The van der Waals surface area contributed by atoms with Gasteiger partial charge in [0.25, 0.3) is 0 Å². The molecule has 0 saturated heterocycles. The number of thiophene rings is 1. The lowest BCUT2D eigenvalue weighted by molar-refractivity contribution is -0.137. The fraction of sp³-hybridized carbons (Fsp3) is 0.407. The van der Waals surface area contributed by atoms with Crippen LogP contribution < -0.4 is 10.6 Å². The summed E-state index contributed by atoms with van der Waals surface area (Å²) in [5.74, 6) is -0.975. The van der Waals surface area contributed by atoms with Crippen LogP contribution in [0.25, 0.3) is 0 Å². The van der Waals surface area contributed by atoms with Gasteiger partial charge in [0.15, 0.2) is 5.78 Å². The van der Waals surface area contributed by atoms with E-state index >= 15 is 0 Å². The van der Waals surface area contributed by atoms with Crippen molar-refractivity contribution in [2.24, 2.45) is 11.1 Å². The number of allylic oxidation sites excluding steroid dienone is 3. The van der Waals surface area contributed by atoms with Crippen molar-refractivity contribution in [1.82, 2.24) is 0 Å². The SMILES string of the molecule is CCCCc1ccc(C2C(C#N)=C(N)N(c3ccc(Cl)cc3C(F)(F)F)C3=C2C(=O)CC(C)(C)C3)s1. The molecule has 0 saturated carbocycles. The standard InChI is InChI=1S/C27H27ClF3N3OS/c1-4-5-6-16-8-10-22(36-16)23-17(14-32)25(33)34(20-12-26(2,3)13-21(35)24(20)23)19-9-7-15(28)11-18(19)27(29,30)31/h7-11,23H,4-6,12-13,33H2,1-3H3. The Balaban J connectivity index is 1.98. The normalized spacial score (nSPS) is 20.0. The van der Waals surface area contributed by atoms with Gasteiger partial charge in [-0.05, 0) is 55.0 Å². The molecule has 1 unspecified atom stereocenters. The number of aryl methyl sites for hydroxylation is 1. The largest absolute Gasteiger partial charge is 0.418 e. The van der Waals surface area contributed by atoms with Crippen molar-refractivity contribution in [2.45, 2.75) is 65.0 Å². The summed E-state index contributed by atoms with van der Waals surface area (Å²) in [7, 11) is 0. The molecule has 0 bridgehead atoms. The highest BCUT2D eigenvalue weighted by molar-refractivity contribution is 7.12. The molecule has 0 spiro atoms. The highest BCUT2D eigenvalue weighted by atomic mass is 35.5. The number of anilines is 1. The number of nitrogens with two attached hydrogens (primary N) is 1. The van der Waals surface area contributed by atoms with Crippen LogP contribution in [0.5, 0.6) is 0 Å². The van der Waals surface area contributed by atoms with Crippen molar-refractivity contribution in [3.05, 3.63) is 73.3 Å². The van der Waals surface area contributed by atoms with Crippen LogP contribution in [0.15, 0.2) is 53.0 Å². The number of hydrogen-bond acceptors (Lipinski definition) is 5. The van der Waals surface area contributed by atoms with Crippen molar-refractivity contribution in [3.63, 3.8) is 0 Å². The number of halogens is 4. The minimum Gasteiger partial charge on any atom is -0.384 e. The molecule has 2 N–H and O–H groups in total. The first-order valence-corrected chi connectivity index (χ1v) is 13.0. The summed E-state index contributed by atoms with van der Waals surface area (Å²) in [5.41, 5.74) is 5.64. The number of ketones is 1. The number of unbranched alkanes of at least 4 members (excludes halogenated alkanes) is 1. The third-order valence-corrected chi connectivity index (χ3v) is 8.07. The minimum absolute atomic E-state index is 0.0727. The molecule has 1 aromatic carbocycles. The molecule has 1 aliphatic carbocycles. The van der Waals surface area contributed by atoms with Gasteiger partial charge in [-0.25, -0.2) is 0 Å². The Morgan fingerprint density at radius 3 is 2.61 bits per heavy atom. The number of nitrogens with zero attached hydrogens (tertiary/aromatic N) is 2. The van der Waals surface area contributed by atoms with E-state index in [-0.39, 0.29) is 34.3 Å². The zero-order chi connectivity index (χ0) is 26.4. The molecular weight excluding hydrogens is 507 g/mol. The van der Waals surface area contributed by atoms with Crippen LogP contribution in [0, 0.1) is 16.7 Å². The summed E-state index contributed by atoms with van der Waals surface area (Å²) in [6.45, 7) is 5.91. The summed E-state index contributed by atoms with van der Waals surface area (Å²) >= 11 is 7.44. The van der Waals surface area contributed by atoms with Crippen LogP contribution in [0.3, 0.4) is 0 Å². The quantitative estimate of drug-likeness (QED) is 0.427. The number of alkyl halides is 3. The second-order valence-corrected chi connectivity index (χ2v) is 11.7. The summed E-state index contributed by atoms with van der Waals surface area (Å²) in [6.07, 6.45) is -1.23. The first-order valence-electron chi connectivity index (χ1n) is 11.8. The third-order valence-electron chi connectivity index (χ3n) is 6.63. The van der Waals surface area contributed by atoms with Crippen molar-refractivity contribution in [3.8, 4) is 6.07 Å². The Morgan fingerprint density at radius 2 is 1.97 bits per heavy atom. The maximum atomic E-state index is 14.1. The molecule has 0 amide bonds. The van der Waals surface area contributed by atoms with Gasteiger partial charge in [0, 0.05) is 32.5 Å². The number of carbonyl (C=O) groups excluding carboxylic acids is 1. The van der Waals surface area contributed by atoms with E-state index in [1.807, 2.05) is 26.0 Å². The fourth-order valence-corrected chi connectivity index (χ4v) is 6.38. The lowest BCUT2D eigenvalue weighted by Crippen LogP contribution is -2.42. The first kappa shape index (κ1) is 26.3. The number of nitriles is 1. The van der Waals surface area contributed by atoms with E-state index in [0.29, 0.717) is 17.7 Å². The predicted molar refractivity (Wildman–Crippen MR) is 136 cm³/mol. The van der Waals surface area contributed by atoms with Gasteiger partial charge < -0.3 is 5.73 Å². The molecule has 1 aliphatic heterocycles. The molecule has 4 rings (SSSR count). The Kier molecular flexibility index (Phi) is 7.02. The molecule has 1 atom stereocenters. The number of benzene rings is 1. The number of hydrogen-bond donors (Lipinski definition) is 1. The number of rotatable bonds is 5. The van der Waals surface area contributed by atoms with Crippen molar-refractivity contribution < 1.29 is 18.0 Å². The lowest BCUT2D eigenvalue weighted by atomic mass is 9.69. The van der Waals surface area contributed by atoms with E-state index in [0.717, 1.165) is 35.1 Å². The molecule has 190 valence electrons. The highest BCUT2D eigenvalue weighted by Crippen LogP contribution is 2.52. The Hall–Kier alpha value is -2.76. The van der Waals surface area contributed by atoms with E-state index < -0.39 is 23.1 Å². The summed E-state index contributed by atoms with van der Waals surface area (Å²) in [6, 6.07) is 9.47. The third kappa shape index (κ3) is 4.79. The Morgan fingerprint density at radius 1 is 1.25 bits per heavy atom. The number of carbonyl (C=O) groups is 1. The van der Waals surface area contributed by atoms with Gasteiger partial charge in [-0.3, -0.25) is 9.69 Å². The van der Waals surface area contributed by atoms with E-state index in [1.54, 1.807) is 0 Å². The topological polar surface area (TPSA) is 70.1 Å². The van der Waals surface area contributed by atoms with Crippen LogP contribution in [0.1, 0.15) is 67.7 Å². The molecule has 9 heteroatoms. The molecule has 36 heavy (non-hydrogen) atoms. The van der Waals surface area contributed by atoms with Gasteiger partial charge in [0.2, 0.25) is 0 Å². The smallest absolute Gasteiger partial charge is 0.384 e. The molecule has 2 heterocycles. The van der Waals surface area contributed by atoms with E-state index in [2.05, 4.69) is 13.0 Å². The first-order chi connectivity index (χ1) is 16.9. The van der Waals surface area contributed by atoms with Crippen molar-refractivity contribution in [2.75, 3.05) is 4.90 Å². The maximum Gasteiger partial charge on any atom is 0.418 e. The molecule has 2 aliphatic rings. The molecule has 0 radical (unpaired) electrons. The summed E-state index contributed by atoms with van der Waals surface area (Å²) in [4.78, 5) is 16.8. The molecule has 1 aromatic heterocycles. The Bertz CT molecular complexity index is 1320. The van der Waals surface area contributed by atoms with Crippen LogP contribution in [0.2, 0.25) is 5.02 Å². The van der Waals surface area contributed by atoms with Gasteiger partial charge >= 0.3 is 6.18 Å². The lowest BCUT2D eigenvalue weighted by Gasteiger charge is -2.44. The summed E-state index contributed by atoms with van der Waals surface area (Å²) in [5, 5.41) is 10.1. The van der Waals surface area contributed by atoms with Crippen LogP contribution in [0.4, 0.5) is 18.9 Å². The average molecular weight is 534 g/mol. The van der Waals surface area contributed by atoms with Crippen molar-refractivity contribution >= 4 is 34.4 Å². The van der Waals surface area contributed by atoms with Gasteiger partial charge in [0.1, 0.15) is 5.82 Å². The zero-order valence-electron chi connectivity index (χ0n) is 20.3. The van der Waals surface area contributed by atoms with Gasteiger partial charge in [0.05, 0.1) is 28.8 Å². The average Bonchev–Trinajstić information content (AvgIpc) is 3.24.